The van der Waals surface area contributed by atoms with Gasteiger partial charge in [0.2, 0.25) is 0 Å². The molecular weight excluding hydrogens is 443 g/mol. The molecule has 0 bridgehead atoms. The lowest BCUT2D eigenvalue weighted by molar-refractivity contribution is -0.0828. The third-order valence-corrected chi connectivity index (χ3v) is 5.13. The Morgan fingerprint density at radius 2 is 1.96 bits per heavy atom. The lowest BCUT2D eigenvalue weighted by atomic mass is 9.94. The zero-order valence-corrected chi connectivity index (χ0v) is 19.0. The second-order valence-electron chi connectivity index (χ2n) is 7.35. The van der Waals surface area contributed by atoms with Gasteiger partial charge in [-0.3, -0.25) is 9.89 Å². The number of ether oxygens (including phenoxy) is 2. The predicted octanol–water partition coefficient (Wildman–Crippen LogP) is 2.40. The second-order valence-corrected chi connectivity index (χ2v) is 7.35. The van der Waals surface area contributed by atoms with Crippen LogP contribution in [0.4, 0.5) is 0 Å². The van der Waals surface area contributed by atoms with E-state index in [0.29, 0.717) is 12.6 Å². The molecule has 2 aliphatic heterocycles. The minimum absolute atomic E-state index is 0. The molecule has 0 amide bonds. The molecule has 26 heavy (non-hydrogen) atoms. The average Bonchev–Trinajstić information content (AvgIpc) is 2.62. The minimum Gasteiger partial charge on any atom is -0.381 e. The summed E-state index contributed by atoms with van der Waals surface area (Å²) in [5.74, 6) is 0.906. The fraction of sp³-hybridized carbons (Fsp3) is 0.842. The fourth-order valence-electron chi connectivity index (χ4n) is 3.52. The number of piperidine rings is 1. The number of rotatable bonds is 7. The highest BCUT2D eigenvalue weighted by molar-refractivity contribution is 14.0. The van der Waals surface area contributed by atoms with Crippen molar-refractivity contribution in [2.75, 3.05) is 53.0 Å². The summed E-state index contributed by atoms with van der Waals surface area (Å²) in [7, 11) is 1.79. The van der Waals surface area contributed by atoms with Crippen LogP contribution in [-0.2, 0) is 9.47 Å². The van der Waals surface area contributed by atoms with E-state index < -0.39 is 0 Å². The van der Waals surface area contributed by atoms with E-state index in [1.54, 1.807) is 7.11 Å². The Morgan fingerprint density at radius 1 is 1.31 bits per heavy atom. The molecule has 0 spiro atoms. The SMILES string of the molecule is C=C(C)CN1CCC(NC(=NCC2(OC)CCOCC2)NCC)CC1.I. The molecular formula is C19H37IN4O2. The molecule has 0 aromatic heterocycles. The highest BCUT2D eigenvalue weighted by Gasteiger charge is 2.32. The van der Waals surface area contributed by atoms with E-state index in [2.05, 4.69) is 36.0 Å². The van der Waals surface area contributed by atoms with Gasteiger partial charge < -0.3 is 20.1 Å². The van der Waals surface area contributed by atoms with E-state index in [1.807, 2.05) is 0 Å². The summed E-state index contributed by atoms with van der Waals surface area (Å²) in [5, 5.41) is 6.99. The Bertz CT molecular complexity index is 445. The van der Waals surface area contributed by atoms with Crippen LogP contribution >= 0.6 is 24.0 Å². The Labute approximate surface area is 176 Å². The van der Waals surface area contributed by atoms with Crippen LogP contribution in [0.2, 0.25) is 0 Å². The van der Waals surface area contributed by atoms with Gasteiger partial charge in [-0.2, -0.15) is 0 Å². The van der Waals surface area contributed by atoms with Crippen molar-refractivity contribution in [2.45, 2.75) is 51.2 Å². The molecule has 0 aromatic rings. The Hall–Kier alpha value is -0.380. The van der Waals surface area contributed by atoms with Crippen LogP contribution in [0.5, 0.6) is 0 Å². The Morgan fingerprint density at radius 3 is 2.50 bits per heavy atom. The standard InChI is InChI=1S/C19H36N4O2.HI/c1-5-20-18(21-15-19(24-4)8-12-25-13-9-19)22-17-6-10-23(11-7-17)14-16(2)3;/h17H,2,5-15H2,1,3-4H3,(H2,20,21,22);1H. The molecule has 2 saturated heterocycles. The van der Waals surface area contributed by atoms with Crippen molar-refractivity contribution < 1.29 is 9.47 Å². The number of hydrogen-bond donors (Lipinski definition) is 2. The average molecular weight is 480 g/mol. The lowest BCUT2D eigenvalue weighted by Gasteiger charge is -2.35. The van der Waals surface area contributed by atoms with Crippen molar-refractivity contribution in [3.8, 4) is 0 Å². The third-order valence-electron chi connectivity index (χ3n) is 5.13. The summed E-state index contributed by atoms with van der Waals surface area (Å²) in [5.41, 5.74) is 1.06. The molecule has 2 rings (SSSR count). The molecule has 0 aromatic carbocycles. The first-order valence-corrected chi connectivity index (χ1v) is 9.61. The molecule has 152 valence electrons. The van der Waals surface area contributed by atoms with Crippen molar-refractivity contribution in [3.63, 3.8) is 0 Å². The number of aliphatic imine (C=N–C) groups is 1. The normalized spacial score (nSPS) is 21.7. The molecule has 2 N–H and O–H groups in total. The lowest BCUT2D eigenvalue weighted by Crippen LogP contribution is -2.49. The summed E-state index contributed by atoms with van der Waals surface area (Å²) in [6.45, 7) is 14.5. The molecule has 0 atom stereocenters. The maximum Gasteiger partial charge on any atom is 0.191 e. The monoisotopic (exact) mass is 480 g/mol. The molecule has 2 fully saturated rings. The van der Waals surface area contributed by atoms with Crippen molar-refractivity contribution >= 4 is 29.9 Å². The van der Waals surface area contributed by atoms with Crippen molar-refractivity contribution in [3.05, 3.63) is 12.2 Å². The van der Waals surface area contributed by atoms with E-state index in [1.165, 1.54) is 5.57 Å². The number of methoxy groups -OCH3 is 1. The van der Waals surface area contributed by atoms with Crippen molar-refractivity contribution in [2.24, 2.45) is 4.99 Å². The summed E-state index contributed by atoms with van der Waals surface area (Å²) in [6.07, 6.45) is 4.10. The largest absolute Gasteiger partial charge is 0.381 e. The zero-order valence-electron chi connectivity index (χ0n) is 16.7. The molecule has 0 saturated carbocycles. The van der Waals surface area contributed by atoms with E-state index in [-0.39, 0.29) is 29.6 Å². The molecule has 2 heterocycles. The first-order valence-electron chi connectivity index (χ1n) is 9.61. The van der Waals surface area contributed by atoms with Gasteiger partial charge in [-0.15, -0.1) is 24.0 Å². The van der Waals surface area contributed by atoms with E-state index >= 15 is 0 Å². The summed E-state index contributed by atoms with van der Waals surface area (Å²) in [4.78, 5) is 7.31. The first kappa shape index (κ1) is 23.7. The van der Waals surface area contributed by atoms with Crippen LogP contribution in [0, 0.1) is 0 Å². The van der Waals surface area contributed by atoms with Gasteiger partial charge in [-0.25, -0.2) is 0 Å². The van der Waals surface area contributed by atoms with Crippen LogP contribution in [0.3, 0.4) is 0 Å². The van der Waals surface area contributed by atoms with Gasteiger partial charge in [-0.05, 0) is 26.7 Å². The zero-order chi connectivity index (χ0) is 18.1. The van der Waals surface area contributed by atoms with Crippen LogP contribution in [0.15, 0.2) is 17.1 Å². The number of nitrogens with zero attached hydrogens (tertiary/aromatic N) is 2. The van der Waals surface area contributed by atoms with Gasteiger partial charge in [0, 0.05) is 65.4 Å². The van der Waals surface area contributed by atoms with Gasteiger partial charge in [0.1, 0.15) is 0 Å². The fourth-order valence-corrected chi connectivity index (χ4v) is 3.52. The number of hydrogen-bond acceptors (Lipinski definition) is 4. The summed E-state index contributed by atoms with van der Waals surface area (Å²) >= 11 is 0. The number of halogens is 1. The van der Waals surface area contributed by atoms with Gasteiger partial charge >= 0.3 is 0 Å². The molecule has 0 aliphatic carbocycles. The topological polar surface area (TPSA) is 58.1 Å². The van der Waals surface area contributed by atoms with Crippen LogP contribution in [0.25, 0.3) is 0 Å². The predicted molar refractivity (Wildman–Crippen MR) is 119 cm³/mol. The van der Waals surface area contributed by atoms with Crippen LogP contribution < -0.4 is 10.6 Å². The summed E-state index contributed by atoms with van der Waals surface area (Å²) < 4.78 is 11.3. The molecule has 6 nitrogen and oxygen atoms in total. The number of likely N-dealkylation sites (tertiary alicyclic amines) is 1. The highest BCUT2D eigenvalue weighted by Crippen LogP contribution is 2.24. The van der Waals surface area contributed by atoms with Crippen LogP contribution in [-0.4, -0.2) is 75.5 Å². The highest BCUT2D eigenvalue weighted by atomic mass is 127. The maximum absolute atomic E-state index is 5.79. The van der Waals surface area contributed by atoms with Gasteiger partial charge in [0.15, 0.2) is 5.96 Å². The van der Waals surface area contributed by atoms with Gasteiger partial charge in [0.25, 0.3) is 0 Å². The number of guanidine groups is 1. The smallest absolute Gasteiger partial charge is 0.191 e. The Kier molecular flexibility index (Phi) is 11.1. The minimum atomic E-state index is -0.175. The molecule has 2 aliphatic rings. The number of nitrogens with one attached hydrogen (secondary N) is 2. The third kappa shape index (κ3) is 7.70. The van der Waals surface area contributed by atoms with E-state index in [4.69, 9.17) is 14.5 Å². The van der Waals surface area contributed by atoms with Crippen molar-refractivity contribution in [1.29, 1.82) is 0 Å². The van der Waals surface area contributed by atoms with E-state index in [9.17, 15) is 0 Å². The van der Waals surface area contributed by atoms with Gasteiger partial charge in [-0.1, -0.05) is 12.2 Å². The quantitative estimate of drug-likeness (QED) is 0.254. The first-order chi connectivity index (χ1) is 12.1. The second kappa shape index (κ2) is 12.2. The Balaban J connectivity index is 0.00000338. The van der Waals surface area contributed by atoms with Gasteiger partial charge in [0.05, 0.1) is 12.1 Å². The molecule has 0 unspecified atom stereocenters. The van der Waals surface area contributed by atoms with Crippen molar-refractivity contribution in [1.82, 2.24) is 15.5 Å². The van der Waals surface area contributed by atoms with Crippen LogP contribution in [0.1, 0.15) is 39.5 Å². The molecule has 0 radical (unpaired) electrons. The van der Waals surface area contributed by atoms with E-state index in [0.717, 1.165) is 71.0 Å². The summed E-state index contributed by atoms with van der Waals surface area (Å²) in [6, 6.07) is 0.479. The maximum atomic E-state index is 5.79. The molecule has 7 heteroatoms.